The first-order valence-electron chi connectivity index (χ1n) is 12.1. The number of aromatic nitrogens is 2. The molecule has 3 aromatic rings. The summed E-state index contributed by atoms with van der Waals surface area (Å²) in [5.41, 5.74) is 2.16. The summed E-state index contributed by atoms with van der Waals surface area (Å²) in [6, 6.07) is 13.8. The summed E-state index contributed by atoms with van der Waals surface area (Å²) >= 11 is 0. The Morgan fingerprint density at radius 1 is 1.00 bits per heavy atom. The normalized spacial score (nSPS) is 14.3. The van der Waals surface area contributed by atoms with Crippen molar-refractivity contribution >= 4 is 39.1 Å². The quantitative estimate of drug-likeness (QED) is 0.371. The summed E-state index contributed by atoms with van der Waals surface area (Å²) in [7, 11) is -3.67. The number of piperazine rings is 1. The lowest BCUT2D eigenvalue weighted by Gasteiger charge is -2.27. The molecule has 11 heteroatoms. The predicted octanol–water partition coefficient (Wildman–Crippen LogP) is 3.39. The number of amides is 1. The largest absolute Gasteiger partial charge is 0.340 e. The monoisotopic (exact) mass is 523 g/mol. The minimum absolute atomic E-state index is 0.0214. The van der Waals surface area contributed by atoms with Gasteiger partial charge in [-0.2, -0.15) is 4.98 Å². The van der Waals surface area contributed by atoms with Crippen LogP contribution in [0.1, 0.15) is 36.7 Å². The van der Waals surface area contributed by atoms with Crippen LogP contribution in [0.15, 0.2) is 59.6 Å². The number of sulfonamides is 1. The Labute approximate surface area is 218 Å². The summed E-state index contributed by atoms with van der Waals surface area (Å²) in [4.78, 5) is 23.6. The molecule has 0 aliphatic carbocycles. The number of nitrogens with one attached hydrogen (secondary N) is 4. The summed E-state index contributed by atoms with van der Waals surface area (Å²) < 4.78 is 28.1. The fourth-order valence-electron chi connectivity index (χ4n) is 3.84. The van der Waals surface area contributed by atoms with E-state index in [4.69, 9.17) is 0 Å². The Balaban J connectivity index is 1.47. The van der Waals surface area contributed by atoms with Gasteiger partial charge < -0.3 is 20.9 Å². The zero-order valence-corrected chi connectivity index (χ0v) is 22.3. The molecule has 37 heavy (non-hydrogen) atoms. The number of hydrogen-bond donors (Lipinski definition) is 4. The number of aryl methyl sites for hydroxylation is 1. The van der Waals surface area contributed by atoms with Crippen LogP contribution in [0.2, 0.25) is 0 Å². The molecule has 0 bridgehead atoms. The lowest BCUT2D eigenvalue weighted by molar-refractivity contribution is 0.0736. The maximum atomic E-state index is 12.7. The van der Waals surface area contributed by atoms with Crippen LogP contribution in [-0.2, 0) is 10.0 Å². The van der Waals surface area contributed by atoms with E-state index in [-0.39, 0.29) is 10.8 Å². The lowest BCUT2D eigenvalue weighted by atomic mass is 10.1. The Hall–Kier alpha value is -3.54. The SMILES string of the molecule is Cc1cnc(Nc2ccc(C(=O)N3CCNCC3)cc2)nc1Nc1cccc(S(=O)(=O)NC(C)(C)C)c1. The van der Waals surface area contributed by atoms with Crippen LogP contribution < -0.4 is 20.7 Å². The van der Waals surface area contributed by atoms with E-state index in [2.05, 4.69) is 30.6 Å². The van der Waals surface area contributed by atoms with Gasteiger partial charge in [-0.3, -0.25) is 4.79 Å². The van der Waals surface area contributed by atoms with Gasteiger partial charge in [0.2, 0.25) is 16.0 Å². The molecule has 0 atom stereocenters. The minimum Gasteiger partial charge on any atom is -0.340 e. The molecule has 1 aliphatic rings. The van der Waals surface area contributed by atoms with Crippen LogP contribution in [0, 0.1) is 6.92 Å². The highest BCUT2D eigenvalue weighted by Crippen LogP contribution is 2.24. The third-order valence-corrected chi connectivity index (χ3v) is 7.37. The Kier molecular flexibility index (Phi) is 7.76. The molecule has 2 heterocycles. The first-order chi connectivity index (χ1) is 17.5. The van der Waals surface area contributed by atoms with Crippen molar-refractivity contribution in [2.75, 3.05) is 36.8 Å². The van der Waals surface area contributed by atoms with Gasteiger partial charge in [-0.1, -0.05) is 6.07 Å². The molecule has 1 aromatic heterocycles. The van der Waals surface area contributed by atoms with Gasteiger partial charge in [-0.05, 0) is 70.2 Å². The van der Waals surface area contributed by atoms with Gasteiger partial charge in [0.05, 0.1) is 4.90 Å². The van der Waals surface area contributed by atoms with Crippen molar-refractivity contribution in [1.29, 1.82) is 0 Å². The summed E-state index contributed by atoms with van der Waals surface area (Å²) in [5.74, 6) is 0.932. The van der Waals surface area contributed by atoms with Crippen molar-refractivity contribution in [3.05, 3.63) is 65.9 Å². The number of carbonyl (C=O) groups is 1. The van der Waals surface area contributed by atoms with Gasteiger partial charge >= 0.3 is 0 Å². The van der Waals surface area contributed by atoms with E-state index in [1.807, 2.05) is 24.0 Å². The number of carbonyl (C=O) groups excluding carboxylic acids is 1. The molecule has 1 amide bonds. The molecule has 196 valence electrons. The van der Waals surface area contributed by atoms with Crippen molar-refractivity contribution in [3.63, 3.8) is 0 Å². The van der Waals surface area contributed by atoms with Crippen molar-refractivity contribution in [1.82, 2.24) is 24.9 Å². The number of benzene rings is 2. The Bertz CT molecular complexity index is 1360. The Morgan fingerprint density at radius 3 is 2.38 bits per heavy atom. The average molecular weight is 524 g/mol. The van der Waals surface area contributed by atoms with E-state index >= 15 is 0 Å². The standard InChI is InChI=1S/C26H33N7O3S/c1-18-17-28-25(30-20-10-8-19(9-11-20)24(34)33-14-12-27-13-15-33)31-23(18)29-21-6-5-7-22(16-21)37(35,36)32-26(2,3)4/h5-11,16-17,27,32H,12-15H2,1-4H3,(H2,28,29,30,31). The topological polar surface area (TPSA) is 128 Å². The molecular formula is C26H33N7O3S. The third kappa shape index (κ3) is 7.03. The fraction of sp³-hybridized carbons (Fsp3) is 0.346. The summed E-state index contributed by atoms with van der Waals surface area (Å²) in [6.07, 6.45) is 1.68. The molecule has 0 saturated carbocycles. The smallest absolute Gasteiger partial charge is 0.253 e. The first kappa shape index (κ1) is 26.5. The molecule has 2 aromatic carbocycles. The predicted molar refractivity (Wildman–Crippen MR) is 145 cm³/mol. The lowest BCUT2D eigenvalue weighted by Crippen LogP contribution is -2.46. The number of rotatable bonds is 7. The van der Waals surface area contributed by atoms with Gasteiger partial charge in [0, 0.05) is 60.4 Å². The molecular weight excluding hydrogens is 490 g/mol. The molecule has 1 aliphatic heterocycles. The molecule has 10 nitrogen and oxygen atoms in total. The van der Waals surface area contributed by atoms with E-state index in [1.165, 1.54) is 0 Å². The van der Waals surface area contributed by atoms with Gasteiger partial charge in [0.15, 0.2) is 0 Å². The maximum Gasteiger partial charge on any atom is 0.253 e. The second kappa shape index (κ2) is 10.8. The maximum absolute atomic E-state index is 12.7. The van der Waals surface area contributed by atoms with Crippen LogP contribution in [-0.4, -0.2) is 60.9 Å². The molecule has 1 fully saturated rings. The van der Waals surface area contributed by atoms with E-state index < -0.39 is 15.6 Å². The number of nitrogens with zero attached hydrogens (tertiary/aromatic N) is 3. The van der Waals surface area contributed by atoms with E-state index in [9.17, 15) is 13.2 Å². The molecule has 0 spiro atoms. The second-order valence-corrected chi connectivity index (χ2v) is 11.7. The van der Waals surface area contributed by atoms with E-state index in [0.717, 1.165) is 24.3 Å². The Morgan fingerprint density at radius 2 is 1.70 bits per heavy atom. The van der Waals surface area contributed by atoms with Crippen molar-refractivity contribution in [3.8, 4) is 0 Å². The fourth-order valence-corrected chi connectivity index (χ4v) is 5.31. The summed E-state index contributed by atoms with van der Waals surface area (Å²) in [6.45, 7) is 10.3. The molecule has 4 rings (SSSR count). The number of anilines is 4. The van der Waals surface area contributed by atoms with Gasteiger partial charge in [-0.15, -0.1) is 0 Å². The third-order valence-electron chi connectivity index (χ3n) is 5.61. The highest BCUT2D eigenvalue weighted by molar-refractivity contribution is 7.89. The highest BCUT2D eigenvalue weighted by atomic mass is 32.2. The molecule has 0 unspecified atom stereocenters. The van der Waals surface area contributed by atoms with Crippen LogP contribution >= 0.6 is 0 Å². The highest BCUT2D eigenvalue weighted by Gasteiger charge is 2.22. The van der Waals surface area contributed by atoms with Crippen molar-refractivity contribution in [2.24, 2.45) is 0 Å². The molecule has 1 saturated heterocycles. The van der Waals surface area contributed by atoms with Crippen LogP contribution in [0.3, 0.4) is 0 Å². The molecule has 0 radical (unpaired) electrons. The van der Waals surface area contributed by atoms with Gasteiger partial charge in [-0.25, -0.2) is 18.1 Å². The zero-order chi connectivity index (χ0) is 26.6. The van der Waals surface area contributed by atoms with Crippen LogP contribution in [0.25, 0.3) is 0 Å². The number of hydrogen-bond acceptors (Lipinski definition) is 8. The van der Waals surface area contributed by atoms with Crippen LogP contribution in [0.4, 0.5) is 23.1 Å². The summed E-state index contributed by atoms with van der Waals surface area (Å²) in [5, 5.41) is 9.60. The minimum atomic E-state index is -3.67. The second-order valence-electron chi connectivity index (χ2n) is 9.98. The zero-order valence-electron chi connectivity index (χ0n) is 21.5. The average Bonchev–Trinajstić information content (AvgIpc) is 2.85. The van der Waals surface area contributed by atoms with Gasteiger partial charge in [0.25, 0.3) is 5.91 Å². The molecule has 4 N–H and O–H groups in total. The first-order valence-corrected chi connectivity index (χ1v) is 13.6. The van der Waals surface area contributed by atoms with Crippen molar-refractivity contribution in [2.45, 2.75) is 38.1 Å². The van der Waals surface area contributed by atoms with Crippen molar-refractivity contribution < 1.29 is 13.2 Å². The van der Waals surface area contributed by atoms with E-state index in [1.54, 1.807) is 63.4 Å². The van der Waals surface area contributed by atoms with E-state index in [0.29, 0.717) is 36.1 Å². The van der Waals surface area contributed by atoms with Gasteiger partial charge in [0.1, 0.15) is 5.82 Å². The van der Waals surface area contributed by atoms with Crippen LogP contribution in [0.5, 0.6) is 0 Å².